The van der Waals surface area contributed by atoms with Gasteiger partial charge in [0.2, 0.25) is 5.91 Å². The summed E-state index contributed by atoms with van der Waals surface area (Å²) in [5.41, 5.74) is 1.70. The predicted molar refractivity (Wildman–Crippen MR) is 100 cm³/mol. The summed E-state index contributed by atoms with van der Waals surface area (Å²) < 4.78 is 0. The molecule has 4 heteroatoms. The van der Waals surface area contributed by atoms with Gasteiger partial charge in [-0.2, -0.15) is 0 Å². The SMILES string of the molecule is CC(NC(=O)C1CCNCC1)(c1ccccc1)c1ccccc1.Cl. The van der Waals surface area contributed by atoms with Gasteiger partial charge in [0.05, 0.1) is 5.54 Å². The minimum absolute atomic E-state index is 0. The number of hydrogen-bond acceptors (Lipinski definition) is 2. The van der Waals surface area contributed by atoms with Crippen molar-refractivity contribution in [1.29, 1.82) is 0 Å². The number of rotatable bonds is 4. The fraction of sp³-hybridized carbons (Fsp3) is 0.350. The second kappa shape index (κ2) is 8.32. The lowest BCUT2D eigenvalue weighted by Crippen LogP contribution is -2.48. The number of halogens is 1. The highest BCUT2D eigenvalue weighted by atomic mass is 35.5. The molecule has 0 bridgehead atoms. The molecule has 1 saturated heterocycles. The first-order chi connectivity index (χ1) is 11.2. The molecular weight excluding hydrogens is 320 g/mol. The topological polar surface area (TPSA) is 41.1 Å². The third kappa shape index (κ3) is 3.97. The molecule has 0 aliphatic carbocycles. The summed E-state index contributed by atoms with van der Waals surface area (Å²) in [6.07, 6.45) is 1.82. The van der Waals surface area contributed by atoms with Gasteiger partial charge in [0.25, 0.3) is 0 Å². The van der Waals surface area contributed by atoms with E-state index in [1.54, 1.807) is 0 Å². The van der Waals surface area contributed by atoms with E-state index in [0.717, 1.165) is 37.1 Å². The number of carbonyl (C=O) groups is 1. The Hall–Kier alpha value is -1.84. The first kappa shape index (κ1) is 18.5. The van der Waals surface area contributed by atoms with Crippen LogP contribution in [-0.4, -0.2) is 19.0 Å². The van der Waals surface area contributed by atoms with E-state index >= 15 is 0 Å². The van der Waals surface area contributed by atoms with E-state index in [9.17, 15) is 4.79 Å². The van der Waals surface area contributed by atoms with E-state index in [2.05, 4.69) is 41.8 Å². The van der Waals surface area contributed by atoms with Crippen LogP contribution in [0.3, 0.4) is 0 Å². The predicted octanol–water partition coefficient (Wildman–Crippen LogP) is 3.49. The van der Waals surface area contributed by atoms with Gasteiger partial charge in [0.15, 0.2) is 0 Å². The number of benzene rings is 2. The number of piperidine rings is 1. The standard InChI is InChI=1S/C20H24N2O.ClH/c1-20(17-8-4-2-5-9-17,18-10-6-3-7-11-18)22-19(23)16-12-14-21-15-13-16;/h2-11,16,21H,12-15H2,1H3,(H,22,23);1H. The zero-order chi connectivity index (χ0) is 16.1. The van der Waals surface area contributed by atoms with Gasteiger partial charge in [0, 0.05) is 5.92 Å². The Bertz CT molecular complexity index is 600. The summed E-state index contributed by atoms with van der Waals surface area (Å²) in [5, 5.41) is 6.64. The molecule has 1 heterocycles. The van der Waals surface area contributed by atoms with Gasteiger partial charge in [0.1, 0.15) is 0 Å². The van der Waals surface area contributed by atoms with E-state index < -0.39 is 5.54 Å². The second-order valence-electron chi connectivity index (χ2n) is 6.37. The molecule has 1 aliphatic rings. The fourth-order valence-electron chi connectivity index (χ4n) is 3.29. The lowest BCUT2D eigenvalue weighted by Gasteiger charge is -2.34. The molecule has 3 rings (SSSR count). The number of nitrogens with one attached hydrogen (secondary N) is 2. The highest BCUT2D eigenvalue weighted by Gasteiger charge is 2.33. The maximum atomic E-state index is 12.8. The van der Waals surface area contributed by atoms with Crippen molar-refractivity contribution < 1.29 is 4.79 Å². The molecule has 0 aromatic heterocycles. The van der Waals surface area contributed by atoms with Crippen molar-refractivity contribution in [2.75, 3.05) is 13.1 Å². The molecule has 3 nitrogen and oxygen atoms in total. The van der Waals surface area contributed by atoms with Gasteiger partial charge < -0.3 is 10.6 Å². The summed E-state index contributed by atoms with van der Waals surface area (Å²) >= 11 is 0. The summed E-state index contributed by atoms with van der Waals surface area (Å²) in [4.78, 5) is 12.8. The average molecular weight is 345 g/mol. The van der Waals surface area contributed by atoms with E-state index in [0.29, 0.717) is 0 Å². The highest BCUT2D eigenvalue weighted by Crippen LogP contribution is 2.30. The van der Waals surface area contributed by atoms with Crippen molar-refractivity contribution in [3.63, 3.8) is 0 Å². The van der Waals surface area contributed by atoms with Crippen molar-refractivity contribution in [2.45, 2.75) is 25.3 Å². The van der Waals surface area contributed by atoms with E-state index in [1.165, 1.54) is 0 Å². The molecule has 1 fully saturated rings. The molecule has 128 valence electrons. The number of amides is 1. The third-order valence-electron chi connectivity index (χ3n) is 4.79. The normalized spacial score (nSPS) is 15.4. The average Bonchev–Trinajstić information content (AvgIpc) is 2.64. The zero-order valence-corrected chi connectivity index (χ0v) is 14.8. The van der Waals surface area contributed by atoms with E-state index in [4.69, 9.17) is 0 Å². The number of carbonyl (C=O) groups excluding carboxylic acids is 1. The Balaban J connectivity index is 0.00000208. The van der Waals surface area contributed by atoms with Crippen molar-refractivity contribution in [2.24, 2.45) is 5.92 Å². The van der Waals surface area contributed by atoms with Gasteiger partial charge in [-0.25, -0.2) is 0 Å². The quantitative estimate of drug-likeness (QED) is 0.891. The largest absolute Gasteiger partial charge is 0.343 e. The Morgan fingerprint density at radius 1 is 0.958 bits per heavy atom. The van der Waals surface area contributed by atoms with Crippen LogP contribution in [-0.2, 0) is 10.3 Å². The van der Waals surface area contributed by atoms with Gasteiger partial charge in [-0.05, 0) is 44.0 Å². The van der Waals surface area contributed by atoms with Crippen LogP contribution >= 0.6 is 12.4 Å². The Morgan fingerprint density at radius 2 is 1.42 bits per heavy atom. The van der Waals surface area contributed by atoms with Crippen LogP contribution < -0.4 is 10.6 Å². The van der Waals surface area contributed by atoms with Crippen LogP contribution in [0.25, 0.3) is 0 Å². The molecule has 24 heavy (non-hydrogen) atoms. The van der Waals surface area contributed by atoms with Gasteiger partial charge in [-0.3, -0.25) is 4.79 Å². The van der Waals surface area contributed by atoms with Gasteiger partial charge in [-0.15, -0.1) is 12.4 Å². The fourth-order valence-corrected chi connectivity index (χ4v) is 3.29. The summed E-state index contributed by atoms with van der Waals surface area (Å²) in [7, 11) is 0. The molecule has 2 N–H and O–H groups in total. The second-order valence-corrected chi connectivity index (χ2v) is 6.37. The van der Waals surface area contributed by atoms with Crippen LogP contribution in [0.1, 0.15) is 30.9 Å². The molecule has 0 saturated carbocycles. The molecule has 0 unspecified atom stereocenters. The minimum atomic E-state index is -0.509. The molecule has 1 amide bonds. The Morgan fingerprint density at radius 3 is 1.88 bits per heavy atom. The lowest BCUT2D eigenvalue weighted by molar-refractivity contribution is -0.127. The highest BCUT2D eigenvalue weighted by molar-refractivity contribution is 5.85. The third-order valence-corrected chi connectivity index (χ3v) is 4.79. The van der Waals surface area contributed by atoms with E-state index in [1.807, 2.05) is 36.4 Å². The first-order valence-corrected chi connectivity index (χ1v) is 8.34. The van der Waals surface area contributed by atoms with Crippen LogP contribution in [0.2, 0.25) is 0 Å². The van der Waals surface area contributed by atoms with Crippen LogP contribution in [0.15, 0.2) is 60.7 Å². The first-order valence-electron chi connectivity index (χ1n) is 8.34. The summed E-state index contributed by atoms with van der Waals surface area (Å²) in [6.45, 7) is 3.94. The Labute approximate surface area is 150 Å². The molecule has 1 aliphatic heterocycles. The summed E-state index contributed by atoms with van der Waals surface area (Å²) in [5.74, 6) is 0.254. The van der Waals surface area contributed by atoms with Crippen molar-refractivity contribution in [1.82, 2.24) is 10.6 Å². The monoisotopic (exact) mass is 344 g/mol. The maximum Gasteiger partial charge on any atom is 0.224 e. The molecule has 0 spiro atoms. The smallest absolute Gasteiger partial charge is 0.224 e. The van der Waals surface area contributed by atoms with Gasteiger partial charge in [-0.1, -0.05) is 60.7 Å². The van der Waals surface area contributed by atoms with Crippen molar-refractivity contribution in [3.8, 4) is 0 Å². The van der Waals surface area contributed by atoms with Crippen LogP contribution in [0, 0.1) is 5.92 Å². The van der Waals surface area contributed by atoms with Crippen LogP contribution in [0.4, 0.5) is 0 Å². The van der Waals surface area contributed by atoms with Crippen molar-refractivity contribution in [3.05, 3.63) is 71.8 Å². The minimum Gasteiger partial charge on any atom is -0.343 e. The summed E-state index contributed by atoms with van der Waals surface area (Å²) in [6, 6.07) is 20.4. The lowest BCUT2D eigenvalue weighted by atomic mass is 9.83. The van der Waals surface area contributed by atoms with E-state index in [-0.39, 0.29) is 24.2 Å². The molecular formula is C20H25ClN2O. The van der Waals surface area contributed by atoms with Crippen molar-refractivity contribution >= 4 is 18.3 Å². The van der Waals surface area contributed by atoms with Crippen LogP contribution in [0.5, 0.6) is 0 Å². The maximum absolute atomic E-state index is 12.8. The Kier molecular flexibility index (Phi) is 6.41. The molecule has 2 aromatic rings. The molecule has 0 radical (unpaired) electrons. The number of hydrogen-bond donors (Lipinski definition) is 2. The molecule has 2 aromatic carbocycles. The van der Waals surface area contributed by atoms with Gasteiger partial charge >= 0.3 is 0 Å². The zero-order valence-electron chi connectivity index (χ0n) is 14.0. The molecule has 0 atom stereocenters.